The van der Waals surface area contributed by atoms with E-state index in [1.54, 1.807) is 42.2 Å². The summed E-state index contributed by atoms with van der Waals surface area (Å²) in [5.74, 6) is -2.36. The number of nitriles is 1. The summed E-state index contributed by atoms with van der Waals surface area (Å²) < 4.78 is 28.9. The third kappa shape index (κ3) is 6.08. The normalized spacial score (nSPS) is 12.4. The molecule has 9 nitrogen and oxygen atoms in total. The van der Waals surface area contributed by atoms with E-state index >= 15 is 0 Å². The molecule has 198 valence electrons. The SMILES string of the molecule is C=C(/C=C\C=N/C)[C@H](Nc1cc(Cl)c2ncc(C#N)c(Nc3cnc(F)c(F)c3)c2c1)c1cn(C(C)C)nn1. The van der Waals surface area contributed by atoms with Crippen LogP contribution in [0.2, 0.25) is 5.02 Å². The number of hydrogen-bond donors (Lipinski definition) is 2. The summed E-state index contributed by atoms with van der Waals surface area (Å²) in [5, 5.41) is 25.4. The Morgan fingerprint density at radius 1 is 1.21 bits per heavy atom. The van der Waals surface area contributed by atoms with Crippen molar-refractivity contribution < 1.29 is 8.78 Å². The number of pyridine rings is 2. The first-order valence-electron chi connectivity index (χ1n) is 11.8. The predicted molar refractivity (Wildman–Crippen MR) is 148 cm³/mol. The summed E-state index contributed by atoms with van der Waals surface area (Å²) in [6.07, 6.45) is 9.51. The number of nitrogens with zero attached hydrogens (tertiary/aromatic N) is 7. The Labute approximate surface area is 228 Å². The van der Waals surface area contributed by atoms with E-state index in [2.05, 4.69) is 48.6 Å². The van der Waals surface area contributed by atoms with Crippen LogP contribution in [0.25, 0.3) is 10.9 Å². The second-order valence-electron chi connectivity index (χ2n) is 8.77. The number of halogens is 3. The van der Waals surface area contributed by atoms with Gasteiger partial charge in [0.2, 0.25) is 5.95 Å². The zero-order valence-electron chi connectivity index (χ0n) is 21.3. The molecule has 0 fully saturated rings. The minimum Gasteiger partial charge on any atom is -0.373 e. The molecule has 4 rings (SSSR count). The first-order valence-corrected chi connectivity index (χ1v) is 12.2. The number of fused-ring (bicyclic) bond motifs is 1. The first-order chi connectivity index (χ1) is 18.7. The van der Waals surface area contributed by atoms with E-state index in [-0.39, 0.29) is 17.3 Å². The summed E-state index contributed by atoms with van der Waals surface area (Å²) in [6.45, 7) is 8.18. The number of nitrogens with one attached hydrogen (secondary N) is 2. The molecule has 0 unspecified atom stereocenters. The highest BCUT2D eigenvalue weighted by molar-refractivity contribution is 6.36. The van der Waals surface area contributed by atoms with Gasteiger partial charge < -0.3 is 10.6 Å². The molecule has 0 saturated carbocycles. The number of aliphatic imine (C=N–C) groups is 1. The lowest BCUT2D eigenvalue weighted by Crippen LogP contribution is -2.13. The van der Waals surface area contributed by atoms with E-state index in [9.17, 15) is 14.0 Å². The van der Waals surface area contributed by atoms with E-state index in [1.807, 2.05) is 20.0 Å². The van der Waals surface area contributed by atoms with E-state index in [0.29, 0.717) is 38.6 Å². The van der Waals surface area contributed by atoms with Crippen LogP contribution in [0, 0.1) is 23.1 Å². The minimum absolute atomic E-state index is 0.105. The van der Waals surface area contributed by atoms with Gasteiger partial charge in [-0.2, -0.15) is 9.65 Å². The fourth-order valence-electron chi connectivity index (χ4n) is 3.74. The van der Waals surface area contributed by atoms with E-state index in [0.717, 1.165) is 12.3 Å². The van der Waals surface area contributed by atoms with Crippen molar-refractivity contribution in [3.05, 3.63) is 89.1 Å². The van der Waals surface area contributed by atoms with Gasteiger partial charge in [-0.3, -0.25) is 9.98 Å². The third-order valence-corrected chi connectivity index (χ3v) is 5.98. The second kappa shape index (κ2) is 11.8. The smallest absolute Gasteiger partial charge is 0.249 e. The molecule has 0 bridgehead atoms. The van der Waals surface area contributed by atoms with Gasteiger partial charge in [0, 0.05) is 42.6 Å². The molecule has 2 N–H and O–H groups in total. The maximum atomic E-state index is 13.8. The Morgan fingerprint density at radius 3 is 2.67 bits per heavy atom. The van der Waals surface area contributed by atoms with E-state index in [1.165, 1.54) is 6.20 Å². The van der Waals surface area contributed by atoms with Gasteiger partial charge in [0.1, 0.15) is 11.8 Å². The van der Waals surface area contributed by atoms with Crippen LogP contribution >= 0.6 is 11.6 Å². The Hall–Kier alpha value is -4.69. The van der Waals surface area contributed by atoms with Crippen molar-refractivity contribution in [1.82, 2.24) is 25.0 Å². The molecule has 39 heavy (non-hydrogen) atoms. The molecular formula is C27H24ClF2N9. The maximum absolute atomic E-state index is 13.8. The quantitative estimate of drug-likeness (QED) is 0.143. The van der Waals surface area contributed by atoms with Gasteiger partial charge in [0.15, 0.2) is 5.82 Å². The Kier molecular flexibility index (Phi) is 8.27. The molecule has 4 aromatic rings. The lowest BCUT2D eigenvalue weighted by atomic mass is 10.0. The molecule has 1 atom stereocenters. The van der Waals surface area contributed by atoms with Crippen LogP contribution in [0.4, 0.5) is 25.8 Å². The van der Waals surface area contributed by atoms with Gasteiger partial charge in [-0.05, 0) is 37.6 Å². The molecule has 0 radical (unpaired) electrons. The van der Waals surface area contributed by atoms with Crippen LogP contribution in [0.5, 0.6) is 0 Å². The summed E-state index contributed by atoms with van der Waals surface area (Å²) in [7, 11) is 1.67. The molecular weight excluding hydrogens is 524 g/mol. The molecule has 1 aromatic carbocycles. The molecule has 0 amide bonds. The average Bonchev–Trinajstić information content (AvgIpc) is 3.40. The van der Waals surface area contributed by atoms with Crippen molar-refractivity contribution in [3.8, 4) is 6.07 Å². The summed E-state index contributed by atoms with van der Waals surface area (Å²) in [4.78, 5) is 11.7. The van der Waals surface area contributed by atoms with Crippen molar-refractivity contribution >= 4 is 45.8 Å². The number of rotatable bonds is 9. The second-order valence-corrected chi connectivity index (χ2v) is 9.18. The monoisotopic (exact) mass is 547 g/mol. The molecule has 12 heteroatoms. The first kappa shape index (κ1) is 27.3. The molecule has 3 heterocycles. The highest BCUT2D eigenvalue weighted by atomic mass is 35.5. The number of benzene rings is 1. The summed E-state index contributed by atoms with van der Waals surface area (Å²) in [5.41, 5.74) is 2.89. The fraction of sp³-hybridized carbons (Fsp3) is 0.185. The molecule has 0 aliphatic rings. The highest BCUT2D eigenvalue weighted by Gasteiger charge is 2.20. The van der Waals surface area contributed by atoms with Gasteiger partial charge in [-0.25, -0.2) is 14.1 Å². The van der Waals surface area contributed by atoms with Gasteiger partial charge >= 0.3 is 0 Å². The van der Waals surface area contributed by atoms with Crippen LogP contribution in [-0.4, -0.2) is 38.2 Å². The van der Waals surface area contributed by atoms with Crippen molar-refractivity contribution in [2.24, 2.45) is 4.99 Å². The van der Waals surface area contributed by atoms with E-state index in [4.69, 9.17) is 11.6 Å². The van der Waals surface area contributed by atoms with Crippen LogP contribution in [-0.2, 0) is 0 Å². The topological polar surface area (TPSA) is 117 Å². The Bertz CT molecular complexity index is 1640. The third-order valence-electron chi connectivity index (χ3n) is 5.69. The van der Waals surface area contributed by atoms with Gasteiger partial charge in [0.25, 0.3) is 0 Å². The maximum Gasteiger partial charge on any atom is 0.249 e. The van der Waals surface area contributed by atoms with Gasteiger partial charge in [-0.15, -0.1) is 5.10 Å². The summed E-state index contributed by atoms with van der Waals surface area (Å²) >= 11 is 6.61. The number of anilines is 3. The molecule has 0 aliphatic carbocycles. The Morgan fingerprint density at radius 2 is 2.00 bits per heavy atom. The van der Waals surface area contributed by atoms with Gasteiger partial charge in [0.05, 0.1) is 45.9 Å². The fourth-order valence-corrected chi connectivity index (χ4v) is 4.01. The summed E-state index contributed by atoms with van der Waals surface area (Å²) in [6, 6.07) is 6.06. The Balaban J connectivity index is 1.80. The number of allylic oxidation sites excluding steroid dienone is 1. The van der Waals surface area contributed by atoms with Crippen LogP contribution in [0.1, 0.15) is 37.2 Å². The molecule has 0 aliphatic heterocycles. The molecule has 0 saturated heterocycles. The van der Waals surface area contributed by atoms with E-state index < -0.39 is 17.8 Å². The average molecular weight is 548 g/mol. The van der Waals surface area contributed by atoms with Crippen LogP contribution < -0.4 is 10.6 Å². The lowest BCUT2D eigenvalue weighted by Gasteiger charge is -2.20. The molecule has 0 spiro atoms. The van der Waals surface area contributed by atoms with Crippen molar-refractivity contribution in [1.29, 1.82) is 5.26 Å². The largest absolute Gasteiger partial charge is 0.373 e. The van der Waals surface area contributed by atoms with Crippen LogP contribution in [0.3, 0.4) is 0 Å². The number of hydrogen-bond acceptors (Lipinski definition) is 8. The van der Waals surface area contributed by atoms with Crippen LogP contribution in [0.15, 0.2) is 66.1 Å². The van der Waals surface area contributed by atoms with Crippen molar-refractivity contribution in [2.45, 2.75) is 25.9 Å². The zero-order chi connectivity index (χ0) is 28.1. The standard InChI is InChI=1S/C27H24ClF2N9/c1-15(2)39-14-23(37-38-39)24(16(3)6-5-7-32-4)35-18-8-20-25(36-19-10-22(29)27(30)34-13-19)17(11-31)12-33-26(20)21(28)9-18/h5-10,12-15,24,35H,3H2,1-2,4H3,(H,33,36)/b6-5-,32-7-/t24-/m0/s1. The zero-order valence-corrected chi connectivity index (χ0v) is 22.1. The molecule has 3 aromatic heterocycles. The lowest BCUT2D eigenvalue weighted by molar-refractivity contribution is 0.480. The van der Waals surface area contributed by atoms with Crippen molar-refractivity contribution in [3.63, 3.8) is 0 Å². The van der Waals surface area contributed by atoms with Crippen molar-refractivity contribution in [2.75, 3.05) is 17.7 Å². The number of aromatic nitrogens is 5. The predicted octanol–water partition coefficient (Wildman–Crippen LogP) is 6.32. The van der Waals surface area contributed by atoms with Gasteiger partial charge in [-0.1, -0.05) is 29.5 Å². The highest BCUT2D eigenvalue weighted by Crippen LogP contribution is 2.36. The minimum atomic E-state index is -1.23.